The van der Waals surface area contributed by atoms with Crippen molar-refractivity contribution in [3.05, 3.63) is 63.7 Å². The predicted molar refractivity (Wildman–Crippen MR) is 113 cm³/mol. The number of hydrogen-bond acceptors (Lipinski definition) is 5. The lowest BCUT2D eigenvalue weighted by molar-refractivity contribution is -0.117. The van der Waals surface area contributed by atoms with E-state index in [2.05, 4.69) is 10.1 Å². The summed E-state index contributed by atoms with van der Waals surface area (Å²) >= 11 is 6.17. The molecule has 0 unspecified atom stereocenters. The number of aryl methyl sites for hydroxylation is 1. The third-order valence-electron chi connectivity index (χ3n) is 5.42. The van der Waals surface area contributed by atoms with Crippen LogP contribution in [0.15, 0.2) is 30.5 Å². The Balaban J connectivity index is 1.64. The number of hydrogen-bond donors (Lipinski definition) is 1. The van der Waals surface area contributed by atoms with Gasteiger partial charge in [-0.1, -0.05) is 11.6 Å². The number of benzene rings is 1. The van der Waals surface area contributed by atoms with E-state index in [-0.39, 0.29) is 11.7 Å². The second-order valence-electron chi connectivity index (χ2n) is 7.32. The van der Waals surface area contributed by atoms with E-state index in [1.165, 1.54) is 0 Å². The molecule has 152 valence electrons. The number of rotatable bonds is 4. The molecule has 1 saturated heterocycles. The number of amides is 1. The lowest BCUT2D eigenvalue weighted by atomic mass is 10.1. The van der Waals surface area contributed by atoms with E-state index in [9.17, 15) is 9.90 Å². The summed E-state index contributed by atoms with van der Waals surface area (Å²) in [5.41, 5.74) is 4.97. The average Bonchev–Trinajstić information content (AvgIpc) is 3.27. The molecular formula is C22H20ClN5O2. The number of halogens is 1. The zero-order valence-electron chi connectivity index (χ0n) is 16.7. The summed E-state index contributed by atoms with van der Waals surface area (Å²) in [6.45, 7) is 4.49. The van der Waals surface area contributed by atoms with Crippen LogP contribution in [0, 0.1) is 25.2 Å². The molecule has 1 aliphatic heterocycles. The van der Waals surface area contributed by atoms with Gasteiger partial charge in [0.25, 0.3) is 0 Å². The van der Waals surface area contributed by atoms with E-state index in [4.69, 9.17) is 16.9 Å². The summed E-state index contributed by atoms with van der Waals surface area (Å²) in [7, 11) is 0. The molecule has 2 aromatic heterocycles. The molecule has 1 fully saturated rings. The lowest BCUT2D eigenvalue weighted by Crippen LogP contribution is -2.23. The fourth-order valence-corrected chi connectivity index (χ4v) is 3.97. The van der Waals surface area contributed by atoms with Crippen LogP contribution in [0.4, 0.5) is 5.69 Å². The minimum absolute atomic E-state index is 0.0537. The van der Waals surface area contributed by atoms with Crippen molar-refractivity contribution >= 4 is 23.2 Å². The fraction of sp³-hybridized carbons (Fsp3) is 0.273. The van der Waals surface area contributed by atoms with Gasteiger partial charge in [0.1, 0.15) is 11.8 Å². The normalized spacial score (nSPS) is 13.7. The SMILES string of the molecule is Cc1nn(-c2ccc(C#N)c(Cl)c2)c(C)c1Cc1ncc(N2CCCC2=O)cc1O. The highest BCUT2D eigenvalue weighted by atomic mass is 35.5. The lowest BCUT2D eigenvalue weighted by Gasteiger charge is -2.16. The molecule has 1 aliphatic rings. The molecule has 1 aromatic carbocycles. The maximum atomic E-state index is 11.9. The van der Waals surface area contributed by atoms with E-state index in [0.717, 1.165) is 29.1 Å². The molecule has 3 aromatic rings. The van der Waals surface area contributed by atoms with Crippen molar-refractivity contribution in [1.29, 1.82) is 5.26 Å². The van der Waals surface area contributed by atoms with Crippen molar-refractivity contribution < 1.29 is 9.90 Å². The monoisotopic (exact) mass is 421 g/mol. The molecule has 4 rings (SSSR count). The summed E-state index contributed by atoms with van der Waals surface area (Å²) in [5, 5.41) is 24.6. The van der Waals surface area contributed by atoms with E-state index in [1.54, 1.807) is 40.0 Å². The van der Waals surface area contributed by atoms with Crippen LogP contribution in [-0.2, 0) is 11.2 Å². The van der Waals surface area contributed by atoms with Gasteiger partial charge in [-0.15, -0.1) is 0 Å². The maximum absolute atomic E-state index is 11.9. The second-order valence-corrected chi connectivity index (χ2v) is 7.73. The molecule has 1 amide bonds. The summed E-state index contributed by atoms with van der Waals surface area (Å²) in [6, 6.07) is 8.82. The Kier molecular flexibility index (Phi) is 5.18. The average molecular weight is 422 g/mol. The van der Waals surface area contributed by atoms with Crippen LogP contribution in [0.2, 0.25) is 5.02 Å². The van der Waals surface area contributed by atoms with Gasteiger partial charge in [0.2, 0.25) is 5.91 Å². The molecule has 0 atom stereocenters. The van der Waals surface area contributed by atoms with E-state index in [1.807, 2.05) is 19.9 Å². The van der Waals surface area contributed by atoms with Crippen LogP contribution in [0.3, 0.4) is 0 Å². The Bertz CT molecular complexity index is 1190. The number of nitriles is 1. The number of carbonyl (C=O) groups is 1. The van der Waals surface area contributed by atoms with Crippen molar-refractivity contribution in [3.8, 4) is 17.5 Å². The van der Waals surface area contributed by atoms with Gasteiger partial charge in [-0.3, -0.25) is 9.78 Å². The first-order chi connectivity index (χ1) is 14.4. The van der Waals surface area contributed by atoms with Crippen molar-refractivity contribution in [2.75, 3.05) is 11.4 Å². The van der Waals surface area contributed by atoms with Gasteiger partial charge in [-0.2, -0.15) is 10.4 Å². The highest BCUT2D eigenvalue weighted by molar-refractivity contribution is 6.31. The van der Waals surface area contributed by atoms with Gasteiger partial charge < -0.3 is 10.0 Å². The molecule has 0 spiro atoms. The Morgan fingerprint density at radius 3 is 2.70 bits per heavy atom. The Morgan fingerprint density at radius 1 is 1.27 bits per heavy atom. The molecule has 8 heteroatoms. The van der Waals surface area contributed by atoms with E-state index < -0.39 is 0 Å². The second kappa shape index (κ2) is 7.81. The van der Waals surface area contributed by atoms with E-state index in [0.29, 0.717) is 41.4 Å². The van der Waals surface area contributed by atoms with Gasteiger partial charge in [-0.25, -0.2) is 4.68 Å². The van der Waals surface area contributed by atoms with Crippen LogP contribution in [0.5, 0.6) is 5.75 Å². The summed E-state index contributed by atoms with van der Waals surface area (Å²) < 4.78 is 1.77. The summed E-state index contributed by atoms with van der Waals surface area (Å²) in [5.74, 6) is 0.109. The number of pyridine rings is 1. The summed E-state index contributed by atoms with van der Waals surface area (Å²) in [4.78, 5) is 18.0. The Morgan fingerprint density at radius 2 is 2.07 bits per heavy atom. The van der Waals surface area contributed by atoms with Crippen LogP contribution < -0.4 is 4.90 Å². The van der Waals surface area contributed by atoms with Gasteiger partial charge in [0.15, 0.2) is 0 Å². The number of aromatic nitrogens is 3. The van der Waals surface area contributed by atoms with Crippen molar-refractivity contribution in [1.82, 2.24) is 14.8 Å². The first-order valence-corrected chi connectivity index (χ1v) is 10.00. The largest absolute Gasteiger partial charge is 0.506 e. The van der Waals surface area contributed by atoms with Gasteiger partial charge in [-0.05, 0) is 38.5 Å². The Labute approximate surface area is 179 Å². The minimum Gasteiger partial charge on any atom is -0.506 e. The van der Waals surface area contributed by atoms with Crippen molar-refractivity contribution in [2.45, 2.75) is 33.1 Å². The zero-order chi connectivity index (χ0) is 21.4. The molecule has 0 radical (unpaired) electrons. The quantitative estimate of drug-likeness (QED) is 0.690. The molecule has 1 N–H and O–H groups in total. The molecular weight excluding hydrogens is 402 g/mol. The Hall–Kier alpha value is -3.37. The molecule has 30 heavy (non-hydrogen) atoms. The highest BCUT2D eigenvalue weighted by Gasteiger charge is 2.23. The number of carbonyl (C=O) groups excluding carboxylic acids is 1. The van der Waals surface area contributed by atoms with Gasteiger partial charge in [0, 0.05) is 36.7 Å². The first-order valence-electron chi connectivity index (χ1n) is 9.62. The topological polar surface area (TPSA) is 95.0 Å². The van der Waals surface area contributed by atoms with Crippen molar-refractivity contribution in [2.24, 2.45) is 0 Å². The van der Waals surface area contributed by atoms with Gasteiger partial charge >= 0.3 is 0 Å². The van der Waals surface area contributed by atoms with Crippen LogP contribution in [0.1, 0.15) is 41.1 Å². The number of nitrogens with zero attached hydrogens (tertiary/aromatic N) is 5. The van der Waals surface area contributed by atoms with Crippen molar-refractivity contribution in [3.63, 3.8) is 0 Å². The molecule has 3 heterocycles. The standard InChI is InChI=1S/C22H20ClN5O2/c1-13-18(14(2)28(26-13)16-6-5-15(11-24)19(23)8-16)10-20-21(29)9-17(12-25-20)27-7-3-4-22(27)30/h5-6,8-9,12,29H,3-4,7,10H2,1-2H3. The third kappa shape index (κ3) is 3.51. The molecule has 0 aliphatic carbocycles. The highest BCUT2D eigenvalue weighted by Crippen LogP contribution is 2.29. The van der Waals surface area contributed by atoms with Crippen LogP contribution >= 0.6 is 11.6 Å². The summed E-state index contributed by atoms with van der Waals surface area (Å²) in [6.07, 6.45) is 3.38. The third-order valence-corrected chi connectivity index (χ3v) is 5.73. The molecule has 0 bridgehead atoms. The minimum atomic E-state index is 0.0537. The zero-order valence-corrected chi connectivity index (χ0v) is 17.4. The smallest absolute Gasteiger partial charge is 0.227 e. The van der Waals surface area contributed by atoms with E-state index >= 15 is 0 Å². The number of aromatic hydroxyl groups is 1. The maximum Gasteiger partial charge on any atom is 0.227 e. The molecule has 0 saturated carbocycles. The number of anilines is 1. The predicted octanol–water partition coefficient (Wildman–Crippen LogP) is 3.83. The van der Waals surface area contributed by atoms with Crippen LogP contribution in [-0.4, -0.2) is 32.3 Å². The molecule has 7 nitrogen and oxygen atoms in total. The first kappa shape index (κ1) is 19.9. The van der Waals surface area contributed by atoms with Gasteiger partial charge in [0.05, 0.1) is 39.5 Å². The fourth-order valence-electron chi connectivity index (χ4n) is 3.75. The van der Waals surface area contributed by atoms with Crippen LogP contribution in [0.25, 0.3) is 5.69 Å².